The van der Waals surface area contributed by atoms with Gasteiger partial charge >= 0.3 is 0 Å². The minimum absolute atomic E-state index is 0.0195. The monoisotopic (exact) mass is 557 g/mol. The number of nitrogens with zero attached hydrogens (tertiary/aromatic N) is 2. The summed E-state index contributed by atoms with van der Waals surface area (Å²) in [7, 11) is -3.64. The van der Waals surface area contributed by atoms with Gasteiger partial charge in [0.2, 0.25) is 10.0 Å². The SMILES string of the molecule is Cc1oc(/C=N/NC(=O)c2ccc(CN(c3cccc(Cl)c3Cl)S(C)(=O)=O)cc2)cc1Br. The summed E-state index contributed by atoms with van der Waals surface area (Å²) in [5.74, 6) is 0.772. The molecule has 3 rings (SSSR count). The van der Waals surface area contributed by atoms with Crippen molar-refractivity contribution in [3.8, 4) is 0 Å². The molecule has 32 heavy (non-hydrogen) atoms. The van der Waals surface area contributed by atoms with Crippen molar-refractivity contribution >= 4 is 67.0 Å². The van der Waals surface area contributed by atoms with Crippen molar-refractivity contribution in [3.63, 3.8) is 0 Å². The van der Waals surface area contributed by atoms with E-state index in [1.165, 1.54) is 6.21 Å². The number of hydrogen-bond donors (Lipinski definition) is 1. The molecule has 0 spiro atoms. The van der Waals surface area contributed by atoms with Gasteiger partial charge in [0.25, 0.3) is 5.91 Å². The van der Waals surface area contributed by atoms with Crippen LogP contribution in [0.25, 0.3) is 0 Å². The Morgan fingerprint density at radius 2 is 1.91 bits per heavy atom. The fourth-order valence-electron chi connectivity index (χ4n) is 2.76. The van der Waals surface area contributed by atoms with Crippen molar-refractivity contribution in [1.29, 1.82) is 0 Å². The zero-order valence-electron chi connectivity index (χ0n) is 17.0. The van der Waals surface area contributed by atoms with Gasteiger partial charge in [0.1, 0.15) is 11.5 Å². The van der Waals surface area contributed by atoms with Gasteiger partial charge in [-0.3, -0.25) is 9.10 Å². The Balaban J connectivity index is 1.72. The van der Waals surface area contributed by atoms with Gasteiger partial charge in [-0.05, 0) is 52.7 Å². The summed E-state index contributed by atoms with van der Waals surface area (Å²) in [4.78, 5) is 12.3. The highest BCUT2D eigenvalue weighted by molar-refractivity contribution is 9.10. The normalized spacial score (nSPS) is 11.7. The first-order valence-corrected chi connectivity index (χ1v) is 12.6. The van der Waals surface area contributed by atoms with Crippen LogP contribution in [-0.2, 0) is 16.6 Å². The number of furan rings is 1. The number of sulfonamides is 1. The number of rotatable bonds is 7. The Bertz CT molecular complexity index is 1260. The molecule has 0 atom stereocenters. The lowest BCUT2D eigenvalue weighted by Crippen LogP contribution is -2.29. The molecule has 2 aromatic carbocycles. The Morgan fingerprint density at radius 3 is 2.50 bits per heavy atom. The smallest absolute Gasteiger partial charge is 0.271 e. The number of hydrogen-bond acceptors (Lipinski definition) is 5. The number of halogens is 3. The summed E-state index contributed by atoms with van der Waals surface area (Å²) >= 11 is 15.6. The lowest BCUT2D eigenvalue weighted by molar-refractivity contribution is 0.0955. The number of aryl methyl sites for hydroxylation is 1. The molecule has 11 heteroatoms. The van der Waals surface area contributed by atoms with Gasteiger partial charge in [0.15, 0.2) is 0 Å². The summed E-state index contributed by atoms with van der Waals surface area (Å²) < 4.78 is 32.1. The van der Waals surface area contributed by atoms with Crippen LogP contribution in [0.1, 0.15) is 27.4 Å². The lowest BCUT2D eigenvalue weighted by atomic mass is 10.1. The number of anilines is 1. The molecule has 7 nitrogen and oxygen atoms in total. The third kappa shape index (κ3) is 5.92. The van der Waals surface area contributed by atoms with Crippen LogP contribution in [0.4, 0.5) is 5.69 Å². The van der Waals surface area contributed by atoms with Crippen molar-refractivity contribution in [1.82, 2.24) is 5.43 Å². The van der Waals surface area contributed by atoms with E-state index >= 15 is 0 Å². The lowest BCUT2D eigenvalue weighted by Gasteiger charge is -2.24. The molecule has 0 unspecified atom stereocenters. The predicted molar refractivity (Wildman–Crippen MR) is 130 cm³/mol. The molecule has 168 valence electrons. The van der Waals surface area contributed by atoms with Gasteiger partial charge in [-0.1, -0.05) is 41.4 Å². The maximum Gasteiger partial charge on any atom is 0.271 e. The van der Waals surface area contributed by atoms with Crippen LogP contribution in [0.3, 0.4) is 0 Å². The van der Waals surface area contributed by atoms with Crippen molar-refractivity contribution < 1.29 is 17.6 Å². The zero-order valence-corrected chi connectivity index (χ0v) is 20.9. The molecule has 0 saturated carbocycles. The highest BCUT2D eigenvalue weighted by Crippen LogP contribution is 2.34. The van der Waals surface area contributed by atoms with Gasteiger partial charge in [0, 0.05) is 11.6 Å². The molecule has 1 aromatic heterocycles. The second-order valence-corrected chi connectivity index (χ2v) is 10.3. The van der Waals surface area contributed by atoms with E-state index in [0.29, 0.717) is 22.6 Å². The second kappa shape index (κ2) is 10.1. The summed E-state index contributed by atoms with van der Waals surface area (Å²) in [5.41, 5.74) is 3.70. The Kier molecular flexibility index (Phi) is 7.66. The number of carbonyl (C=O) groups is 1. The maximum absolute atomic E-state index is 12.4. The summed E-state index contributed by atoms with van der Waals surface area (Å²) in [6.45, 7) is 1.82. The predicted octanol–water partition coefficient (Wildman–Crippen LogP) is 5.39. The quantitative estimate of drug-likeness (QED) is 0.311. The average Bonchev–Trinajstić information content (AvgIpc) is 3.05. The topological polar surface area (TPSA) is 92.0 Å². The molecular formula is C21H18BrCl2N3O4S. The van der Waals surface area contributed by atoms with E-state index in [9.17, 15) is 13.2 Å². The molecule has 1 heterocycles. The third-order valence-electron chi connectivity index (χ3n) is 4.38. The molecule has 1 amide bonds. The number of benzene rings is 2. The molecule has 0 radical (unpaired) electrons. The third-order valence-corrected chi connectivity index (χ3v) is 7.10. The molecule has 0 fully saturated rings. The van der Waals surface area contributed by atoms with Gasteiger partial charge in [-0.15, -0.1) is 0 Å². The Labute approximate surface area is 204 Å². The fourth-order valence-corrected chi connectivity index (χ4v) is 4.40. The van der Waals surface area contributed by atoms with Crippen LogP contribution in [-0.4, -0.2) is 26.8 Å². The molecule has 3 aromatic rings. The minimum Gasteiger partial charge on any atom is -0.459 e. The molecule has 0 aliphatic carbocycles. The van der Waals surface area contributed by atoms with Gasteiger partial charge < -0.3 is 4.42 Å². The zero-order chi connectivity index (χ0) is 23.5. The van der Waals surface area contributed by atoms with Crippen LogP contribution in [0.2, 0.25) is 10.0 Å². The van der Waals surface area contributed by atoms with Crippen molar-refractivity contribution in [3.05, 3.63) is 85.7 Å². The number of nitrogens with one attached hydrogen (secondary N) is 1. The van der Waals surface area contributed by atoms with E-state index in [4.69, 9.17) is 27.6 Å². The van der Waals surface area contributed by atoms with Crippen molar-refractivity contribution in [2.45, 2.75) is 13.5 Å². The highest BCUT2D eigenvalue weighted by Gasteiger charge is 2.21. The van der Waals surface area contributed by atoms with E-state index in [-0.39, 0.29) is 22.3 Å². The largest absolute Gasteiger partial charge is 0.459 e. The number of hydrazone groups is 1. The first kappa shape index (κ1) is 24.3. The standard InChI is InChI=1S/C21H18BrCl2N3O4S/c1-13-17(22)10-16(31-13)11-25-26-21(28)15-8-6-14(7-9-15)12-27(32(2,29)30)19-5-3-4-18(23)20(19)24/h3-11H,12H2,1-2H3,(H,26,28)/b25-11+. The fraction of sp³-hybridized carbons (Fsp3) is 0.143. The molecule has 0 aliphatic heterocycles. The molecule has 0 bridgehead atoms. The van der Waals surface area contributed by atoms with E-state index in [1.807, 2.05) is 0 Å². The summed E-state index contributed by atoms with van der Waals surface area (Å²) in [6, 6.07) is 13.0. The first-order chi connectivity index (χ1) is 15.1. The van der Waals surface area contributed by atoms with Crippen molar-refractivity contribution in [2.75, 3.05) is 10.6 Å². The van der Waals surface area contributed by atoms with Crippen molar-refractivity contribution in [2.24, 2.45) is 5.10 Å². The van der Waals surface area contributed by atoms with E-state index in [0.717, 1.165) is 15.0 Å². The first-order valence-electron chi connectivity index (χ1n) is 9.16. The van der Waals surface area contributed by atoms with Crippen LogP contribution in [0.15, 0.2) is 62.5 Å². The number of amides is 1. The molecular weight excluding hydrogens is 541 g/mol. The summed E-state index contributed by atoms with van der Waals surface area (Å²) in [5, 5.41) is 4.28. The second-order valence-electron chi connectivity index (χ2n) is 6.79. The van der Waals surface area contributed by atoms with Crippen LogP contribution >= 0.6 is 39.1 Å². The van der Waals surface area contributed by atoms with Crippen LogP contribution in [0.5, 0.6) is 0 Å². The van der Waals surface area contributed by atoms with E-state index in [1.54, 1.807) is 55.5 Å². The Morgan fingerprint density at radius 1 is 1.22 bits per heavy atom. The molecule has 1 N–H and O–H groups in total. The van der Waals surface area contributed by atoms with E-state index < -0.39 is 15.9 Å². The van der Waals surface area contributed by atoms with Gasteiger partial charge in [0.05, 0.1) is 39.2 Å². The molecule has 0 saturated heterocycles. The van der Waals surface area contributed by atoms with Crippen LogP contribution in [0, 0.1) is 6.92 Å². The molecule has 0 aliphatic rings. The van der Waals surface area contributed by atoms with Gasteiger partial charge in [-0.25, -0.2) is 13.8 Å². The minimum atomic E-state index is -3.64. The average molecular weight is 559 g/mol. The van der Waals surface area contributed by atoms with Gasteiger partial charge in [-0.2, -0.15) is 5.10 Å². The highest BCUT2D eigenvalue weighted by atomic mass is 79.9. The Hall–Kier alpha value is -2.33. The van der Waals surface area contributed by atoms with Crippen LogP contribution < -0.4 is 9.73 Å². The maximum atomic E-state index is 12.4. The summed E-state index contributed by atoms with van der Waals surface area (Å²) in [6.07, 6.45) is 2.48. The van der Waals surface area contributed by atoms with E-state index in [2.05, 4.69) is 26.5 Å². The number of carbonyl (C=O) groups excluding carboxylic acids is 1.